The Morgan fingerprint density at radius 1 is 0.378 bits per heavy atom. The second-order valence-electron chi connectivity index (χ2n) is 20.5. The average Bonchev–Trinajstić information content (AvgIpc) is 3.39. The molecule has 0 aromatic carbocycles. The third-order valence-corrected chi connectivity index (χ3v) is 14.2. The van der Waals surface area contributed by atoms with Crippen LogP contribution in [0.2, 0.25) is 0 Å². The first-order valence-electron chi connectivity index (χ1n) is 30.5. The van der Waals surface area contributed by atoms with Crippen molar-refractivity contribution in [2.75, 3.05) is 26.4 Å². The monoisotopic (exact) mass is 1060 g/mol. The van der Waals surface area contributed by atoms with Gasteiger partial charge in [0.2, 0.25) is 0 Å². The van der Waals surface area contributed by atoms with Gasteiger partial charge in [0.05, 0.1) is 19.8 Å². The summed E-state index contributed by atoms with van der Waals surface area (Å²) in [6.07, 6.45) is 60.5. The van der Waals surface area contributed by atoms with E-state index in [9.17, 15) is 28.9 Å². The van der Waals surface area contributed by atoms with E-state index in [0.29, 0.717) is 19.3 Å². The highest BCUT2D eigenvalue weighted by atomic mass is 31.2. The Bertz CT molecular complexity index is 1430. The van der Waals surface area contributed by atoms with Crippen molar-refractivity contribution in [3.8, 4) is 0 Å². The summed E-state index contributed by atoms with van der Waals surface area (Å²) in [5.41, 5.74) is 0. The molecule has 3 atom stereocenters. The van der Waals surface area contributed by atoms with E-state index in [1.807, 2.05) is 0 Å². The molecule has 0 aliphatic rings. The number of esters is 3. The number of carbonyl (C=O) groups excluding carboxylic acids is 3. The van der Waals surface area contributed by atoms with Gasteiger partial charge in [-0.25, -0.2) is 4.57 Å². The van der Waals surface area contributed by atoms with Crippen LogP contribution in [0.3, 0.4) is 0 Å². The fraction of sp³-hybridized carbons (Fsp3) is 0.823. The van der Waals surface area contributed by atoms with Crippen molar-refractivity contribution < 1.29 is 52.2 Å². The molecule has 12 heteroatoms. The van der Waals surface area contributed by atoms with Gasteiger partial charge < -0.3 is 24.2 Å². The summed E-state index contributed by atoms with van der Waals surface area (Å²) < 4.78 is 39.6. The summed E-state index contributed by atoms with van der Waals surface area (Å²) in [7, 11) is -4.75. The molecule has 0 radical (unpaired) electrons. The zero-order valence-electron chi connectivity index (χ0n) is 47.8. The highest BCUT2D eigenvalue weighted by Gasteiger charge is 2.28. The van der Waals surface area contributed by atoms with Crippen LogP contribution >= 0.6 is 7.82 Å². The van der Waals surface area contributed by atoms with Crippen molar-refractivity contribution in [1.82, 2.24) is 0 Å². The number of rotatable bonds is 57. The minimum absolute atomic E-state index is 0.159. The van der Waals surface area contributed by atoms with Gasteiger partial charge >= 0.3 is 25.7 Å². The number of phosphoric acid groups is 1. The Kier molecular flexibility index (Phi) is 54.7. The van der Waals surface area contributed by atoms with Gasteiger partial charge in [0.15, 0.2) is 6.10 Å². The molecule has 0 bridgehead atoms. The van der Waals surface area contributed by atoms with E-state index in [-0.39, 0.29) is 25.9 Å². The normalized spacial score (nSPS) is 13.6. The Morgan fingerprint density at radius 2 is 0.662 bits per heavy atom. The number of hydrogen-bond donors (Lipinski definition) is 2. The van der Waals surface area contributed by atoms with Gasteiger partial charge in [-0.15, -0.1) is 0 Å². The first-order chi connectivity index (χ1) is 36.2. The van der Waals surface area contributed by atoms with Crippen LogP contribution in [0.4, 0.5) is 0 Å². The number of phosphoric ester groups is 1. The van der Waals surface area contributed by atoms with Crippen molar-refractivity contribution >= 4 is 25.7 Å². The molecular formula is C62H113O11P. The van der Waals surface area contributed by atoms with Gasteiger partial charge in [-0.1, -0.05) is 236 Å². The van der Waals surface area contributed by atoms with Gasteiger partial charge in [-0.3, -0.25) is 23.4 Å². The molecule has 11 nitrogen and oxygen atoms in total. The molecule has 0 rings (SSSR count). The lowest BCUT2D eigenvalue weighted by molar-refractivity contribution is -0.161. The maximum absolute atomic E-state index is 12.9. The van der Waals surface area contributed by atoms with E-state index in [2.05, 4.69) is 69.4 Å². The number of ether oxygens (including phenoxy) is 3. The first-order valence-corrected chi connectivity index (χ1v) is 32.0. The number of aliphatic hydroxyl groups is 1. The first kappa shape index (κ1) is 71.4. The van der Waals surface area contributed by atoms with Crippen LogP contribution in [-0.4, -0.2) is 66.5 Å². The molecular weight excluding hydrogens is 952 g/mol. The van der Waals surface area contributed by atoms with Gasteiger partial charge in [0, 0.05) is 19.3 Å². The lowest BCUT2D eigenvalue weighted by Crippen LogP contribution is -2.30. The highest BCUT2D eigenvalue weighted by Crippen LogP contribution is 2.43. The molecule has 0 aromatic rings. The lowest BCUT2D eigenvalue weighted by Gasteiger charge is -2.21. The van der Waals surface area contributed by atoms with Crippen LogP contribution < -0.4 is 0 Å². The van der Waals surface area contributed by atoms with Crippen molar-refractivity contribution in [2.45, 2.75) is 303 Å². The number of unbranched alkanes of at least 4 members (excludes halogenated alkanes) is 32. The molecule has 0 heterocycles. The van der Waals surface area contributed by atoms with E-state index in [1.54, 1.807) is 0 Å². The molecule has 0 aliphatic heterocycles. The average molecular weight is 1070 g/mol. The summed E-state index contributed by atoms with van der Waals surface area (Å²) >= 11 is 0. The summed E-state index contributed by atoms with van der Waals surface area (Å²) in [5, 5.41) is 9.82. The molecule has 74 heavy (non-hydrogen) atoms. The fourth-order valence-corrected chi connectivity index (χ4v) is 9.32. The molecule has 2 N–H and O–H groups in total. The van der Waals surface area contributed by atoms with Gasteiger partial charge in [-0.2, -0.15) is 0 Å². The smallest absolute Gasteiger partial charge is 0.462 e. The zero-order chi connectivity index (χ0) is 54.1. The number of carbonyl (C=O) groups is 3. The third-order valence-electron chi connectivity index (χ3n) is 13.2. The second-order valence-corrected chi connectivity index (χ2v) is 22.0. The quantitative estimate of drug-likeness (QED) is 0.0197. The van der Waals surface area contributed by atoms with Crippen LogP contribution in [0.1, 0.15) is 290 Å². The van der Waals surface area contributed by atoms with E-state index in [0.717, 1.165) is 89.9 Å². The third kappa shape index (κ3) is 54.2. The fourth-order valence-electron chi connectivity index (χ4n) is 8.54. The molecule has 0 aliphatic carbocycles. The summed E-state index contributed by atoms with van der Waals surface area (Å²) in [6.45, 7) is 4.62. The summed E-state index contributed by atoms with van der Waals surface area (Å²) in [4.78, 5) is 48.6. The van der Waals surface area contributed by atoms with Gasteiger partial charge in [-0.05, 0) is 83.5 Å². The van der Waals surface area contributed by atoms with Crippen molar-refractivity contribution in [3.63, 3.8) is 0 Å². The number of hydrogen-bond acceptors (Lipinski definition) is 10. The number of allylic oxidation sites excluding steroid dienone is 8. The van der Waals surface area contributed by atoms with Crippen LogP contribution in [0.25, 0.3) is 0 Å². The maximum atomic E-state index is 12.9. The molecule has 0 amide bonds. The highest BCUT2D eigenvalue weighted by molar-refractivity contribution is 7.47. The lowest BCUT2D eigenvalue weighted by atomic mass is 10.0. The van der Waals surface area contributed by atoms with Crippen LogP contribution in [-0.2, 0) is 42.2 Å². The maximum Gasteiger partial charge on any atom is 0.472 e. The van der Waals surface area contributed by atoms with Crippen molar-refractivity contribution in [2.24, 2.45) is 0 Å². The Labute approximate surface area is 453 Å². The minimum Gasteiger partial charge on any atom is -0.462 e. The standard InChI is InChI=1S/C62H113O11P/c1-4-7-10-13-16-19-22-25-27-29-31-34-36-39-42-45-48-51-60(64)69-55-59(73-62(66)53-50-47-44-41-38-35-32-30-28-26-23-20-17-14-11-8-5-2)57-71-74(67,68)70-56-58(54-63)72-61(65)52-49-46-43-40-37-33-24-21-18-15-12-9-6-3/h16-17,19-20,25-28,58-59,63H,4-15,18,21-24,29-57H2,1-3H3,(H,67,68)/b19-16-,20-17-,27-25-,28-26-. The summed E-state index contributed by atoms with van der Waals surface area (Å²) in [6, 6.07) is 0. The molecule has 432 valence electrons. The molecule has 0 aromatic heterocycles. The van der Waals surface area contributed by atoms with Crippen molar-refractivity contribution in [1.29, 1.82) is 0 Å². The van der Waals surface area contributed by atoms with Crippen LogP contribution in [0.5, 0.6) is 0 Å². The predicted molar refractivity (Wildman–Crippen MR) is 307 cm³/mol. The number of aliphatic hydroxyl groups excluding tert-OH is 1. The van der Waals surface area contributed by atoms with Gasteiger partial charge in [0.25, 0.3) is 0 Å². The van der Waals surface area contributed by atoms with E-state index in [1.165, 1.54) is 141 Å². The molecule has 3 unspecified atom stereocenters. The predicted octanol–water partition coefficient (Wildman–Crippen LogP) is 18.1. The Morgan fingerprint density at radius 3 is 1.03 bits per heavy atom. The Balaban J connectivity index is 4.72. The Hall–Kier alpha value is -2.56. The second kappa shape index (κ2) is 56.6. The van der Waals surface area contributed by atoms with Crippen molar-refractivity contribution in [3.05, 3.63) is 48.6 Å². The zero-order valence-corrected chi connectivity index (χ0v) is 48.7. The summed E-state index contributed by atoms with van der Waals surface area (Å²) in [5.74, 6) is -1.47. The van der Waals surface area contributed by atoms with Gasteiger partial charge in [0.1, 0.15) is 12.7 Å². The molecule has 0 fully saturated rings. The topological polar surface area (TPSA) is 155 Å². The SMILES string of the molecule is CCCCC/C=C\C/C=C\CCCCCCCCCC(=O)OCC(COP(=O)(O)OCC(CO)OC(=O)CCCCCCCCCCCCCCC)OC(=O)CCCCCCCCC/C=C\C/C=C\CCCCC. The van der Waals surface area contributed by atoms with Crippen LogP contribution in [0, 0.1) is 0 Å². The van der Waals surface area contributed by atoms with Crippen LogP contribution in [0.15, 0.2) is 48.6 Å². The molecule has 0 saturated carbocycles. The van der Waals surface area contributed by atoms with E-state index < -0.39 is 57.8 Å². The van der Waals surface area contributed by atoms with E-state index in [4.69, 9.17) is 23.3 Å². The molecule has 0 spiro atoms. The largest absolute Gasteiger partial charge is 0.472 e. The minimum atomic E-state index is -4.75. The molecule has 0 saturated heterocycles. The van der Waals surface area contributed by atoms with E-state index >= 15 is 0 Å².